The quantitative estimate of drug-likeness (QED) is 0.0795. The summed E-state index contributed by atoms with van der Waals surface area (Å²) in [6.45, 7) is 11.8. The van der Waals surface area contributed by atoms with Gasteiger partial charge in [0, 0.05) is 20.0 Å². The molecule has 1 N–H and O–H groups in total. The molecule has 1 aliphatic rings. The lowest BCUT2D eigenvalue weighted by Crippen LogP contribution is -2.66. The van der Waals surface area contributed by atoms with E-state index >= 15 is 0 Å². The van der Waals surface area contributed by atoms with Crippen LogP contribution in [-0.4, -0.2) is 83.2 Å². The summed E-state index contributed by atoms with van der Waals surface area (Å²) in [7, 11) is 2.24. The molecule has 1 heterocycles. The second-order valence-electron chi connectivity index (χ2n) is 16.3. The van der Waals surface area contributed by atoms with Crippen LogP contribution in [0.1, 0.15) is 71.4 Å². The van der Waals surface area contributed by atoms with Crippen LogP contribution in [0.15, 0.2) is 109 Å². The number of Topliss-reactive ketones (excluding diaryl/α,β-unsaturated/α-hetero) is 1. The SMILES string of the molecule is CCC1(CC)OC[C@@H]([C@@H](OCc2ccc(OC)cc2)[C@H](O)CC(=O)C[C@@H](OC)[C@@H](C[Si](c2ccccc2)(c2ccccc2)C(C)(C)C)OCc2ccc(OC)cc2)O1. The van der Waals surface area contributed by atoms with Crippen LogP contribution in [0.3, 0.4) is 0 Å². The van der Waals surface area contributed by atoms with E-state index in [0.717, 1.165) is 22.6 Å². The van der Waals surface area contributed by atoms with E-state index in [1.54, 1.807) is 21.3 Å². The Hall–Kier alpha value is -3.87. The molecular weight excluding hydrogens is 749 g/mol. The molecule has 0 saturated carbocycles. The van der Waals surface area contributed by atoms with E-state index in [1.165, 1.54) is 10.4 Å². The van der Waals surface area contributed by atoms with Crippen molar-refractivity contribution in [3.63, 3.8) is 0 Å². The fourth-order valence-corrected chi connectivity index (χ4v) is 14.0. The summed E-state index contributed by atoms with van der Waals surface area (Å²) >= 11 is 0. The number of hydrogen-bond donors (Lipinski definition) is 1. The highest BCUT2D eigenvalue weighted by Gasteiger charge is 2.50. The van der Waals surface area contributed by atoms with Crippen LogP contribution in [0.4, 0.5) is 0 Å². The fraction of sp³-hybridized carbons (Fsp3) is 0.479. The van der Waals surface area contributed by atoms with Gasteiger partial charge >= 0.3 is 0 Å². The molecule has 314 valence electrons. The highest BCUT2D eigenvalue weighted by Crippen LogP contribution is 2.41. The lowest BCUT2D eigenvalue weighted by Gasteiger charge is -2.46. The molecule has 0 radical (unpaired) electrons. The number of hydrogen-bond acceptors (Lipinski definition) is 9. The van der Waals surface area contributed by atoms with Gasteiger partial charge in [-0.1, -0.05) is 130 Å². The van der Waals surface area contributed by atoms with Crippen LogP contribution in [0.5, 0.6) is 11.5 Å². The second-order valence-corrected chi connectivity index (χ2v) is 21.2. The first-order valence-corrected chi connectivity index (χ1v) is 22.8. The van der Waals surface area contributed by atoms with Crippen molar-refractivity contribution in [2.75, 3.05) is 27.9 Å². The normalized spacial score (nSPS) is 17.6. The monoisotopic (exact) mass is 812 g/mol. The molecule has 4 aromatic rings. The molecule has 10 heteroatoms. The van der Waals surface area contributed by atoms with Gasteiger partial charge in [-0.2, -0.15) is 0 Å². The van der Waals surface area contributed by atoms with E-state index in [2.05, 4.69) is 81.4 Å². The van der Waals surface area contributed by atoms with Crippen LogP contribution in [0.25, 0.3) is 0 Å². The number of ether oxygens (including phenoxy) is 7. The fourth-order valence-electron chi connectivity index (χ4n) is 8.31. The second kappa shape index (κ2) is 20.9. The Bertz CT molecular complexity index is 1770. The van der Waals surface area contributed by atoms with Crippen LogP contribution < -0.4 is 19.8 Å². The number of aliphatic hydroxyl groups excluding tert-OH is 1. The maximum absolute atomic E-state index is 14.2. The molecule has 4 aromatic carbocycles. The van der Waals surface area contributed by atoms with Gasteiger partial charge < -0.3 is 38.3 Å². The van der Waals surface area contributed by atoms with Crippen molar-refractivity contribution in [1.29, 1.82) is 0 Å². The van der Waals surface area contributed by atoms with Crippen LogP contribution >= 0.6 is 0 Å². The average Bonchev–Trinajstić information content (AvgIpc) is 3.68. The maximum atomic E-state index is 14.2. The lowest BCUT2D eigenvalue weighted by atomic mass is 9.98. The number of carbonyl (C=O) groups is 1. The molecule has 1 aliphatic heterocycles. The van der Waals surface area contributed by atoms with Gasteiger partial charge in [0.2, 0.25) is 0 Å². The van der Waals surface area contributed by atoms with Crippen LogP contribution in [0.2, 0.25) is 11.1 Å². The number of carbonyl (C=O) groups excluding carboxylic acids is 1. The Kier molecular flexibility index (Phi) is 16.3. The number of aliphatic hydroxyl groups is 1. The molecule has 5 rings (SSSR count). The van der Waals surface area contributed by atoms with Crippen molar-refractivity contribution in [3.05, 3.63) is 120 Å². The van der Waals surface area contributed by atoms with Crippen LogP contribution in [0, 0.1) is 0 Å². The Morgan fingerprint density at radius 1 is 0.741 bits per heavy atom. The summed E-state index contributed by atoms with van der Waals surface area (Å²) < 4.78 is 42.9. The van der Waals surface area contributed by atoms with Gasteiger partial charge in [-0.3, -0.25) is 4.79 Å². The summed E-state index contributed by atoms with van der Waals surface area (Å²) in [5.41, 5.74) is 1.89. The maximum Gasteiger partial charge on any atom is 0.168 e. The molecule has 58 heavy (non-hydrogen) atoms. The zero-order chi connectivity index (χ0) is 41.8. The van der Waals surface area contributed by atoms with Gasteiger partial charge in [-0.05, 0) is 59.3 Å². The summed E-state index contributed by atoms with van der Waals surface area (Å²) in [4.78, 5) is 14.2. The van der Waals surface area contributed by atoms with Crippen LogP contribution in [-0.2, 0) is 41.7 Å². The van der Waals surface area contributed by atoms with Gasteiger partial charge in [0.15, 0.2) is 5.79 Å². The van der Waals surface area contributed by atoms with E-state index in [9.17, 15) is 9.90 Å². The zero-order valence-corrected chi connectivity index (χ0v) is 36.6. The molecule has 0 bridgehead atoms. The molecule has 0 aromatic heterocycles. The van der Waals surface area contributed by atoms with Crippen molar-refractivity contribution >= 4 is 24.2 Å². The van der Waals surface area contributed by atoms with E-state index in [1.807, 2.05) is 62.4 Å². The molecule has 5 atom stereocenters. The van der Waals surface area contributed by atoms with Gasteiger partial charge in [0.25, 0.3) is 0 Å². The van der Waals surface area contributed by atoms with E-state index < -0.39 is 44.4 Å². The van der Waals surface area contributed by atoms with Crippen molar-refractivity contribution in [1.82, 2.24) is 0 Å². The predicted octanol–water partition coefficient (Wildman–Crippen LogP) is 7.89. The average molecular weight is 813 g/mol. The lowest BCUT2D eigenvalue weighted by molar-refractivity contribution is -0.195. The zero-order valence-electron chi connectivity index (χ0n) is 35.6. The van der Waals surface area contributed by atoms with E-state index in [0.29, 0.717) is 25.5 Å². The third kappa shape index (κ3) is 11.0. The smallest absolute Gasteiger partial charge is 0.168 e. The van der Waals surface area contributed by atoms with Gasteiger partial charge in [0.05, 0.1) is 52.4 Å². The van der Waals surface area contributed by atoms with E-state index in [4.69, 9.17) is 33.2 Å². The minimum absolute atomic E-state index is 0.0418. The van der Waals surface area contributed by atoms with Gasteiger partial charge in [-0.25, -0.2) is 0 Å². The van der Waals surface area contributed by atoms with Crippen molar-refractivity contribution in [2.24, 2.45) is 0 Å². The van der Waals surface area contributed by atoms with Crippen molar-refractivity contribution in [2.45, 2.75) is 121 Å². The third-order valence-corrected chi connectivity index (χ3v) is 18.0. The molecule has 0 amide bonds. The van der Waals surface area contributed by atoms with Gasteiger partial charge in [0.1, 0.15) is 37.6 Å². The summed E-state index contributed by atoms with van der Waals surface area (Å²) in [5.74, 6) is 0.590. The van der Waals surface area contributed by atoms with E-state index in [-0.39, 0.29) is 36.9 Å². The molecule has 1 saturated heterocycles. The Labute approximate surface area is 346 Å². The highest BCUT2D eigenvalue weighted by molar-refractivity contribution is 7.04. The standard InChI is InChI=1S/C48H64O9Si/c1-9-48(10-2)56-33-44(57-48)46(55-32-36-23-27-39(52-7)28-24-36)42(50)29-37(49)30-43(53-8)45(54-31-35-21-25-38(51-6)26-22-35)34-58(47(3,4)5,40-17-13-11-14-18-40)41-19-15-12-16-20-41/h11-28,42-46,50H,9-10,29-34H2,1-8H3/t42-,43-,44+,45-,46+/m1/s1. The minimum Gasteiger partial charge on any atom is -0.497 e. The number of ketones is 1. The molecular formula is C48H64O9Si. The first-order chi connectivity index (χ1) is 27.9. The molecule has 0 spiro atoms. The number of methoxy groups -OCH3 is 3. The third-order valence-electron chi connectivity index (χ3n) is 11.8. The summed E-state index contributed by atoms with van der Waals surface area (Å²) in [6.07, 6.45) is -2.40. The summed E-state index contributed by atoms with van der Waals surface area (Å²) in [5, 5.41) is 14.3. The highest BCUT2D eigenvalue weighted by atomic mass is 28.3. The largest absolute Gasteiger partial charge is 0.497 e. The first-order valence-electron chi connectivity index (χ1n) is 20.5. The summed E-state index contributed by atoms with van der Waals surface area (Å²) in [6, 6.07) is 37.5. The van der Waals surface area contributed by atoms with Gasteiger partial charge in [-0.15, -0.1) is 0 Å². The Morgan fingerprint density at radius 2 is 1.24 bits per heavy atom. The predicted molar refractivity (Wildman–Crippen MR) is 231 cm³/mol. The van der Waals surface area contributed by atoms with Crippen molar-refractivity contribution in [3.8, 4) is 11.5 Å². The molecule has 9 nitrogen and oxygen atoms in total. The number of benzene rings is 4. The number of rotatable bonds is 22. The Morgan fingerprint density at radius 3 is 1.67 bits per heavy atom. The Balaban J connectivity index is 1.43. The molecule has 0 unspecified atom stereocenters. The minimum atomic E-state index is -2.68. The van der Waals surface area contributed by atoms with Crippen molar-refractivity contribution < 1.29 is 43.1 Å². The molecule has 1 fully saturated rings. The molecule has 0 aliphatic carbocycles. The topological polar surface area (TPSA) is 102 Å². The first kappa shape index (κ1) is 45.2.